The van der Waals surface area contributed by atoms with Gasteiger partial charge in [0.25, 0.3) is 15.9 Å². The molecule has 2 N–H and O–H groups in total. The predicted molar refractivity (Wildman–Crippen MR) is 114 cm³/mol. The Hall–Kier alpha value is -2.33. The first-order valence-corrected chi connectivity index (χ1v) is 11.5. The highest BCUT2D eigenvalue weighted by Gasteiger charge is 2.20. The van der Waals surface area contributed by atoms with Gasteiger partial charge in [0, 0.05) is 17.1 Å². The fourth-order valence-corrected chi connectivity index (χ4v) is 4.70. The normalized spacial score (nSPS) is 11.4. The summed E-state index contributed by atoms with van der Waals surface area (Å²) >= 11 is 6.59. The molecule has 3 aromatic rings. The topological polar surface area (TPSA) is 101 Å². The number of aryl methyl sites for hydroxylation is 2. The average molecular weight is 451 g/mol. The van der Waals surface area contributed by atoms with E-state index in [4.69, 9.17) is 11.6 Å². The van der Waals surface area contributed by atoms with Gasteiger partial charge in [0.2, 0.25) is 9.47 Å². The number of carbonyl (C=O) groups excluding carboxylic acids is 1. The van der Waals surface area contributed by atoms with Crippen molar-refractivity contribution in [3.05, 3.63) is 70.2 Å². The Morgan fingerprint density at radius 2 is 1.90 bits per heavy atom. The van der Waals surface area contributed by atoms with Crippen molar-refractivity contribution in [1.82, 2.24) is 14.9 Å². The van der Waals surface area contributed by atoms with E-state index in [9.17, 15) is 13.2 Å². The number of nitrogens with one attached hydrogen (secondary N) is 2. The molecule has 1 aromatic heterocycles. The molecule has 0 aliphatic rings. The van der Waals surface area contributed by atoms with Gasteiger partial charge >= 0.3 is 0 Å². The van der Waals surface area contributed by atoms with Crippen molar-refractivity contribution in [2.75, 3.05) is 11.9 Å². The molecule has 7 nitrogen and oxygen atoms in total. The maximum atomic E-state index is 12.4. The van der Waals surface area contributed by atoms with Crippen LogP contribution in [0.25, 0.3) is 0 Å². The van der Waals surface area contributed by atoms with Crippen molar-refractivity contribution in [3.63, 3.8) is 0 Å². The van der Waals surface area contributed by atoms with E-state index in [1.54, 1.807) is 24.3 Å². The fraction of sp³-hybridized carbons (Fsp3) is 0.211. The van der Waals surface area contributed by atoms with Crippen molar-refractivity contribution < 1.29 is 13.2 Å². The van der Waals surface area contributed by atoms with E-state index >= 15 is 0 Å². The minimum Gasteiger partial charge on any atom is -0.296 e. The van der Waals surface area contributed by atoms with Gasteiger partial charge in [-0.1, -0.05) is 52.8 Å². The van der Waals surface area contributed by atoms with E-state index in [0.717, 1.165) is 23.3 Å². The second-order valence-corrected chi connectivity index (χ2v) is 9.68. The Morgan fingerprint density at radius 3 is 2.62 bits per heavy atom. The number of halogens is 1. The van der Waals surface area contributed by atoms with Gasteiger partial charge in [-0.25, -0.2) is 13.1 Å². The molecule has 2 aromatic carbocycles. The number of benzene rings is 2. The summed E-state index contributed by atoms with van der Waals surface area (Å²) in [6.07, 6.45) is 1.42. The van der Waals surface area contributed by atoms with Gasteiger partial charge in [0.1, 0.15) is 0 Å². The molecule has 0 aliphatic carbocycles. The average Bonchev–Trinajstić information content (AvgIpc) is 3.15. The van der Waals surface area contributed by atoms with Crippen LogP contribution in [0.3, 0.4) is 0 Å². The molecule has 3 rings (SSSR count). The molecule has 29 heavy (non-hydrogen) atoms. The Morgan fingerprint density at radius 1 is 1.14 bits per heavy atom. The Balaban J connectivity index is 1.54. The summed E-state index contributed by atoms with van der Waals surface area (Å²) in [4.78, 5) is 12.2. The van der Waals surface area contributed by atoms with Crippen LogP contribution in [0, 0.1) is 6.92 Å². The smallest absolute Gasteiger partial charge is 0.269 e. The van der Waals surface area contributed by atoms with Gasteiger partial charge in [-0.15, -0.1) is 10.2 Å². The molecule has 0 unspecified atom stereocenters. The Kier molecular flexibility index (Phi) is 6.96. The first kappa shape index (κ1) is 21.4. The number of carbonyl (C=O) groups is 1. The SMILES string of the molecule is Cc1cccc(CCCNS(=O)(=O)c2nnc(NC(=O)c3ccc(Cl)cc3)s2)c1. The number of hydrogen-bond donors (Lipinski definition) is 2. The van der Waals surface area contributed by atoms with Crippen LogP contribution in [-0.4, -0.2) is 31.1 Å². The monoisotopic (exact) mass is 450 g/mol. The molecule has 152 valence electrons. The van der Waals surface area contributed by atoms with Crippen LogP contribution in [0.1, 0.15) is 27.9 Å². The lowest BCUT2D eigenvalue weighted by molar-refractivity contribution is 0.102. The second kappa shape index (κ2) is 9.45. The summed E-state index contributed by atoms with van der Waals surface area (Å²) in [7, 11) is -3.78. The first-order valence-electron chi connectivity index (χ1n) is 8.79. The summed E-state index contributed by atoms with van der Waals surface area (Å²) in [6, 6.07) is 14.4. The quantitative estimate of drug-likeness (QED) is 0.403. The van der Waals surface area contributed by atoms with E-state index in [2.05, 4.69) is 26.3 Å². The minimum absolute atomic E-state index is 0.102. The van der Waals surface area contributed by atoms with E-state index in [1.165, 1.54) is 5.56 Å². The van der Waals surface area contributed by atoms with Crippen LogP contribution < -0.4 is 10.0 Å². The predicted octanol–water partition coefficient (Wildman–Crippen LogP) is 3.66. The second-order valence-electron chi connectivity index (χ2n) is 6.32. The number of amides is 1. The third kappa shape index (κ3) is 6.07. The van der Waals surface area contributed by atoms with E-state index in [1.807, 2.05) is 25.1 Å². The molecule has 0 fully saturated rings. The summed E-state index contributed by atoms with van der Waals surface area (Å²) in [6.45, 7) is 2.30. The lowest BCUT2D eigenvalue weighted by Crippen LogP contribution is -2.25. The lowest BCUT2D eigenvalue weighted by atomic mass is 10.1. The van der Waals surface area contributed by atoms with Crippen molar-refractivity contribution >= 4 is 44.0 Å². The number of aromatic nitrogens is 2. The maximum Gasteiger partial charge on any atom is 0.269 e. The Bertz CT molecular complexity index is 1100. The van der Waals surface area contributed by atoms with Crippen LogP contribution in [0.2, 0.25) is 5.02 Å². The zero-order chi connectivity index (χ0) is 20.9. The number of nitrogens with zero attached hydrogens (tertiary/aromatic N) is 2. The highest BCUT2D eigenvalue weighted by Crippen LogP contribution is 2.21. The highest BCUT2D eigenvalue weighted by molar-refractivity contribution is 7.91. The summed E-state index contributed by atoms with van der Waals surface area (Å²) in [5, 5.41) is 10.6. The number of sulfonamides is 1. The summed E-state index contributed by atoms with van der Waals surface area (Å²) < 4.78 is 27.1. The van der Waals surface area contributed by atoms with Crippen molar-refractivity contribution in [2.24, 2.45) is 0 Å². The number of rotatable bonds is 8. The number of hydrogen-bond acceptors (Lipinski definition) is 6. The van der Waals surface area contributed by atoms with Gasteiger partial charge in [-0.2, -0.15) is 0 Å². The standard InChI is InChI=1S/C19H19ClN4O3S2/c1-13-4-2-5-14(12-13)6-3-11-21-29(26,27)19-24-23-18(28-19)22-17(25)15-7-9-16(20)10-8-15/h2,4-5,7-10,12,21H,3,6,11H2,1H3,(H,22,23,25). The molecule has 0 radical (unpaired) electrons. The molecule has 1 heterocycles. The molecule has 1 amide bonds. The first-order chi connectivity index (χ1) is 13.8. The van der Waals surface area contributed by atoms with Crippen molar-refractivity contribution in [2.45, 2.75) is 24.1 Å². The van der Waals surface area contributed by atoms with Gasteiger partial charge in [-0.3, -0.25) is 10.1 Å². The van der Waals surface area contributed by atoms with Crippen LogP contribution in [-0.2, 0) is 16.4 Å². The highest BCUT2D eigenvalue weighted by atomic mass is 35.5. The molecule has 0 aliphatic heterocycles. The minimum atomic E-state index is -3.78. The van der Waals surface area contributed by atoms with Gasteiger partial charge < -0.3 is 0 Å². The zero-order valence-electron chi connectivity index (χ0n) is 15.6. The molecular formula is C19H19ClN4O3S2. The number of anilines is 1. The molecule has 0 saturated carbocycles. The van der Waals surface area contributed by atoms with Crippen LogP contribution in [0.15, 0.2) is 52.9 Å². The van der Waals surface area contributed by atoms with Crippen molar-refractivity contribution in [3.8, 4) is 0 Å². The molecule has 0 bridgehead atoms. The van der Waals surface area contributed by atoms with E-state index in [0.29, 0.717) is 17.0 Å². The van der Waals surface area contributed by atoms with Gasteiger partial charge in [0.05, 0.1) is 0 Å². The summed E-state index contributed by atoms with van der Waals surface area (Å²) in [5.74, 6) is -0.423. The Labute approximate surface area is 178 Å². The molecule has 0 saturated heterocycles. The molecule has 0 atom stereocenters. The van der Waals surface area contributed by atoms with Crippen molar-refractivity contribution in [1.29, 1.82) is 0 Å². The third-order valence-electron chi connectivity index (χ3n) is 3.98. The molecule has 0 spiro atoms. The van der Waals surface area contributed by atoms with E-state index in [-0.39, 0.29) is 16.0 Å². The molecular weight excluding hydrogens is 432 g/mol. The summed E-state index contributed by atoms with van der Waals surface area (Å²) in [5.41, 5.74) is 2.71. The zero-order valence-corrected chi connectivity index (χ0v) is 17.9. The van der Waals surface area contributed by atoms with E-state index < -0.39 is 15.9 Å². The fourth-order valence-electron chi connectivity index (χ4n) is 2.57. The maximum absolute atomic E-state index is 12.4. The van der Waals surface area contributed by atoms with Crippen LogP contribution in [0.5, 0.6) is 0 Å². The lowest BCUT2D eigenvalue weighted by Gasteiger charge is -2.04. The van der Waals surface area contributed by atoms with Crippen LogP contribution in [0.4, 0.5) is 5.13 Å². The van der Waals surface area contributed by atoms with Crippen LogP contribution >= 0.6 is 22.9 Å². The molecule has 10 heteroatoms. The van der Waals surface area contributed by atoms with Gasteiger partial charge in [0.15, 0.2) is 0 Å². The largest absolute Gasteiger partial charge is 0.296 e. The van der Waals surface area contributed by atoms with Gasteiger partial charge in [-0.05, 0) is 49.6 Å². The third-order valence-corrected chi connectivity index (χ3v) is 6.90.